The first-order chi connectivity index (χ1) is 10.0. The Hall–Kier alpha value is -0.290. The zero-order valence-electron chi connectivity index (χ0n) is 13.1. The molecule has 0 amide bonds. The maximum atomic E-state index is 13.0. The van der Waals surface area contributed by atoms with Crippen LogP contribution in [0.1, 0.15) is 58.3 Å². The van der Waals surface area contributed by atoms with E-state index < -0.39 is 12.1 Å². The Morgan fingerprint density at radius 3 is 2.38 bits per heavy atom. The van der Waals surface area contributed by atoms with Gasteiger partial charge in [0, 0.05) is 18.6 Å². The van der Waals surface area contributed by atoms with Gasteiger partial charge in [0.05, 0.1) is 5.92 Å². The SMILES string of the molecule is CCNC1CCCCCCC1N1CCCC(C(F)(F)F)C1. The van der Waals surface area contributed by atoms with Crippen molar-refractivity contribution in [3.8, 4) is 0 Å². The average Bonchev–Trinajstić information content (AvgIpc) is 2.41. The number of nitrogens with zero attached hydrogens (tertiary/aromatic N) is 1. The molecule has 0 spiro atoms. The van der Waals surface area contributed by atoms with E-state index >= 15 is 0 Å². The van der Waals surface area contributed by atoms with E-state index in [-0.39, 0.29) is 12.6 Å². The van der Waals surface area contributed by atoms with Gasteiger partial charge in [-0.25, -0.2) is 0 Å². The fourth-order valence-electron chi connectivity index (χ4n) is 3.98. The molecule has 2 aliphatic rings. The first-order valence-electron chi connectivity index (χ1n) is 8.56. The molecule has 0 radical (unpaired) electrons. The minimum Gasteiger partial charge on any atom is -0.313 e. The molecule has 0 bridgehead atoms. The monoisotopic (exact) mass is 306 g/mol. The number of nitrogens with one attached hydrogen (secondary N) is 1. The lowest BCUT2D eigenvalue weighted by atomic mass is 9.88. The third-order valence-corrected chi connectivity index (χ3v) is 5.08. The van der Waals surface area contributed by atoms with E-state index in [0.717, 1.165) is 32.4 Å². The molecule has 1 saturated heterocycles. The zero-order valence-corrected chi connectivity index (χ0v) is 13.1. The molecule has 124 valence electrons. The van der Waals surface area contributed by atoms with Crippen molar-refractivity contribution in [1.82, 2.24) is 10.2 Å². The minimum atomic E-state index is -4.03. The van der Waals surface area contributed by atoms with Gasteiger partial charge in [0.2, 0.25) is 0 Å². The zero-order chi connectivity index (χ0) is 15.3. The fourth-order valence-corrected chi connectivity index (χ4v) is 3.98. The lowest BCUT2D eigenvalue weighted by Gasteiger charge is -2.43. The van der Waals surface area contributed by atoms with E-state index in [1.54, 1.807) is 0 Å². The molecule has 2 fully saturated rings. The lowest BCUT2D eigenvalue weighted by Crippen LogP contribution is -2.54. The second kappa shape index (κ2) is 7.82. The minimum absolute atomic E-state index is 0.204. The summed E-state index contributed by atoms with van der Waals surface area (Å²) in [6, 6.07) is 0.651. The van der Waals surface area contributed by atoms with Crippen LogP contribution in [-0.2, 0) is 0 Å². The van der Waals surface area contributed by atoms with Gasteiger partial charge in [0.1, 0.15) is 0 Å². The van der Waals surface area contributed by atoms with Crippen LogP contribution < -0.4 is 5.32 Å². The molecular formula is C16H29F3N2. The van der Waals surface area contributed by atoms with Crippen LogP contribution in [-0.4, -0.2) is 42.8 Å². The molecule has 0 aromatic rings. The van der Waals surface area contributed by atoms with E-state index in [2.05, 4.69) is 17.1 Å². The van der Waals surface area contributed by atoms with Crippen LogP contribution in [0.2, 0.25) is 0 Å². The fraction of sp³-hybridized carbons (Fsp3) is 1.00. The van der Waals surface area contributed by atoms with Crippen molar-refractivity contribution < 1.29 is 13.2 Å². The van der Waals surface area contributed by atoms with Crippen LogP contribution in [0.25, 0.3) is 0 Å². The molecule has 3 atom stereocenters. The van der Waals surface area contributed by atoms with Gasteiger partial charge in [-0.3, -0.25) is 4.90 Å². The van der Waals surface area contributed by atoms with Crippen LogP contribution in [0.15, 0.2) is 0 Å². The maximum Gasteiger partial charge on any atom is 0.393 e. The molecule has 3 unspecified atom stereocenters. The van der Waals surface area contributed by atoms with Gasteiger partial charge in [-0.05, 0) is 38.8 Å². The average molecular weight is 306 g/mol. The maximum absolute atomic E-state index is 13.0. The van der Waals surface area contributed by atoms with E-state index in [9.17, 15) is 13.2 Å². The summed E-state index contributed by atoms with van der Waals surface area (Å²) in [5.74, 6) is -1.13. The molecule has 1 N–H and O–H groups in total. The van der Waals surface area contributed by atoms with Crippen LogP contribution in [0.5, 0.6) is 0 Å². The molecule has 2 nitrogen and oxygen atoms in total. The van der Waals surface area contributed by atoms with Gasteiger partial charge in [0.15, 0.2) is 0 Å². The van der Waals surface area contributed by atoms with Gasteiger partial charge >= 0.3 is 6.18 Å². The number of likely N-dealkylation sites (N-methyl/N-ethyl adjacent to an activating group) is 1. The standard InChI is InChI=1S/C16H29F3N2/c1-2-20-14-9-5-3-4-6-10-15(14)21-11-7-8-13(12-21)16(17,18)19/h13-15,20H,2-12H2,1H3. The van der Waals surface area contributed by atoms with Crippen molar-refractivity contribution >= 4 is 0 Å². The summed E-state index contributed by atoms with van der Waals surface area (Å²) in [6.45, 7) is 4.03. The molecule has 2 rings (SSSR count). The summed E-state index contributed by atoms with van der Waals surface area (Å²) in [5.41, 5.74) is 0. The second-order valence-corrected chi connectivity index (χ2v) is 6.60. The van der Waals surface area contributed by atoms with Crippen LogP contribution in [0.3, 0.4) is 0 Å². The van der Waals surface area contributed by atoms with E-state index in [0.29, 0.717) is 18.9 Å². The molecule has 0 aromatic heterocycles. The quantitative estimate of drug-likeness (QED) is 0.849. The van der Waals surface area contributed by atoms with Gasteiger partial charge in [-0.1, -0.05) is 32.6 Å². The lowest BCUT2D eigenvalue weighted by molar-refractivity contribution is -0.189. The predicted molar refractivity (Wildman–Crippen MR) is 79.3 cm³/mol. The Kier molecular flexibility index (Phi) is 6.35. The highest BCUT2D eigenvalue weighted by molar-refractivity contribution is 4.90. The molecular weight excluding hydrogens is 277 g/mol. The Morgan fingerprint density at radius 1 is 1.00 bits per heavy atom. The summed E-state index contributed by atoms with van der Waals surface area (Å²) in [7, 11) is 0. The third kappa shape index (κ3) is 4.85. The molecule has 0 aromatic carbocycles. The highest BCUT2D eigenvalue weighted by Crippen LogP contribution is 2.35. The smallest absolute Gasteiger partial charge is 0.313 e. The number of halogens is 3. The number of alkyl halides is 3. The van der Waals surface area contributed by atoms with Crippen molar-refractivity contribution in [2.24, 2.45) is 5.92 Å². The Balaban J connectivity index is 2.03. The van der Waals surface area contributed by atoms with Crippen LogP contribution in [0.4, 0.5) is 13.2 Å². The Bertz CT molecular complexity index is 306. The highest BCUT2D eigenvalue weighted by Gasteiger charge is 2.43. The van der Waals surface area contributed by atoms with Crippen LogP contribution in [0, 0.1) is 5.92 Å². The van der Waals surface area contributed by atoms with Crippen molar-refractivity contribution in [3.05, 3.63) is 0 Å². The summed E-state index contributed by atoms with van der Waals surface area (Å²) < 4.78 is 39.1. The number of rotatable bonds is 3. The van der Waals surface area contributed by atoms with Crippen molar-refractivity contribution in [2.75, 3.05) is 19.6 Å². The molecule has 1 saturated carbocycles. The van der Waals surface area contributed by atoms with Crippen LogP contribution >= 0.6 is 0 Å². The summed E-state index contributed by atoms with van der Waals surface area (Å²) in [6.07, 6.45) is 3.94. The third-order valence-electron chi connectivity index (χ3n) is 5.08. The Morgan fingerprint density at radius 2 is 1.71 bits per heavy atom. The summed E-state index contributed by atoms with van der Waals surface area (Å²) in [5, 5.41) is 3.53. The molecule has 1 heterocycles. The number of hydrogen-bond donors (Lipinski definition) is 1. The largest absolute Gasteiger partial charge is 0.393 e. The topological polar surface area (TPSA) is 15.3 Å². The molecule has 1 aliphatic carbocycles. The number of piperidine rings is 1. The van der Waals surface area contributed by atoms with E-state index in [1.165, 1.54) is 19.3 Å². The normalized spacial score (nSPS) is 33.4. The summed E-state index contributed by atoms with van der Waals surface area (Å²) in [4.78, 5) is 2.14. The first kappa shape index (κ1) is 17.1. The highest BCUT2D eigenvalue weighted by atomic mass is 19.4. The van der Waals surface area contributed by atoms with Gasteiger partial charge in [-0.2, -0.15) is 13.2 Å². The Labute approximate surface area is 126 Å². The molecule has 1 aliphatic heterocycles. The van der Waals surface area contributed by atoms with Crippen molar-refractivity contribution in [3.63, 3.8) is 0 Å². The van der Waals surface area contributed by atoms with Gasteiger partial charge < -0.3 is 5.32 Å². The number of likely N-dealkylation sites (tertiary alicyclic amines) is 1. The van der Waals surface area contributed by atoms with Gasteiger partial charge in [-0.15, -0.1) is 0 Å². The second-order valence-electron chi connectivity index (χ2n) is 6.60. The van der Waals surface area contributed by atoms with Crippen molar-refractivity contribution in [2.45, 2.75) is 76.6 Å². The molecule has 5 heteroatoms. The molecule has 21 heavy (non-hydrogen) atoms. The van der Waals surface area contributed by atoms with E-state index in [4.69, 9.17) is 0 Å². The van der Waals surface area contributed by atoms with Crippen molar-refractivity contribution in [1.29, 1.82) is 0 Å². The van der Waals surface area contributed by atoms with Gasteiger partial charge in [0.25, 0.3) is 0 Å². The summed E-state index contributed by atoms with van der Waals surface area (Å²) >= 11 is 0. The number of hydrogen-bond acceptors (Lipinski definition) is 2. The van der Waals surface area contributed by atoms with E-state index in [1.807, 2.05) is 0 Å². The predicted octanol–water partition coefficient (Wildman–Crippen LogP) is 3.96. The first-order valence-corrected chi connectivity index (χ1v) is 8.56.